The first-order valence-corrected chi connectivity index (χ1v) is 7.72. The van der Waals surface area contributed by atoms with E-state index in [4.69, 9.17) is 0 Å². The highest BCUT2D eigenvalue weighted by Crippen LogP contribution is 2.12. The molecule has 0 saturated carbocycles. The number of carbonyl (C=O) groups excluding carboxylic acids is 1. The topological polar surface area (TPSA) is 41.1 Å². The summed E-state index contributed by atoms with van der Waals surface area (Å²) in [5.74, 6) is 0.143. The van der Waals surface area contributed by atoms with Crippen LogP contribution in [0.5, 0.6) is 0 Å². The molecule has 1 saturated heterocycles. The molecule has 0 bridgehead atoms. The molecular formula is C15H21BrN2O. The van der Waals surface area contributed by atoms with Crippen LogP contribution in [0.4, 0.5) is 0 Å². The molecule has 1 fully saturated rings. The Morgan fingerprint density at radius 1 is 1.42 bits per heavy atom. The minimum absolute atomic E-state index is 0.00104. The fourth-order valence-electron chi connectivity index (χ4n) is 2.44. The molecule has 1 aliphatic heterocycles. The van der Waals surface area contributed by atoms with Gasteiger partial charge in [0.2, 0.25) is 5.91 Å². The minimum Gasteiger partial charge on any atom is -0.352 e. The summed E-state index contributed by atoms with van der Waals surface area (Å²) in [5.41, 5.74) is 1.24. The van der Waals surface area contributed by atoms with Crippen molar-refractivity contribution in [1.29, 1.82) is 0 Å². The molecule has 1 aromatic carbocycles. The molecule has 19 heavy (non-hydrogen) atoms. The lowest BCUT2D eigenvalue weighted by molar-refractivity contribution is -0.124. The van der Waals surface area contributed by atoms with Gasteiger partial charge in [0.05, 0.1) is 6.04 Å². The van der Waals surface area contributed by atoms with E-state index in [1.165, 1.54) is 12.0 Å². The Balaban J connectivity index is 1.81. The first-order valence-electron chi connectivity index (χ1n) is 6.93. The Bertz CT molecular complexity index is 413. The van der Waals surface area contributed by atoms with Crippen LogP contribution >= 0.6 is 15.9 Å². The van der Waals surface area contributed by atoms with Gasteiger partial charge in [-0.15, -0.1) is 0 Å². The van der Waals surface area contributed by atoms with Crippen molar-refractivity contribution in [2.75, 3.05) is 6.54 Å². The molecule has 1 aliphatic rings. The second kappa shape index (κ2) is 7.06. The van der Waals surface area contributed by atoms with E-state index in [-0.39, 0.29) is 18.0 Å². The standard InChI is InChI=1S/C15H21BrN2O/c1-11(10-12-5-7-13(16)8-6-12)18-15(19)14-4-2-3-9-17-14/h5-8,11,14,17H,2-4,9-10H2,1H3,(H,18,19)/t11?,14-/m1/s1. The van der Waals surface area contributed by atoms with Gasteiger partial charge < -0.3 is 10.6 Å². The number of halogens is 1. The van der Waals surface area contributed by atoms with Gasteiger partial charge in [-0.2, -0.15) is 0 Å². The van der Waals surface area contributed by atoms with E-state index in [1.807, 2.05) is 12.1 Å². The molecule has 0 radical (unpaired) electrons. The van der Waals surface area contributed by atoms with E-state index in [0.717, 1.165) is 30.3 Å². The van der Waals surface area contributed by atoms with Gasteiger partial charge in [0, 0.05) is 10.5 Å². The largest absolute Gasteiger partial charge is 0.352 e. The highest BCUT2D eigenvalue weighted by molar-refractivity contribution is 9.10. The summed E-state index contributed by atoms with van der Waals surface area (Å²) in [6.45, 7) is 3.02. The van der Waals surface area contributed by atoms with Gasteiger partial charge in [0.25, 0.3) is 0 Å². The van der Waals surface area contributed by atoms with Crippen molar-refractivity contribution in [3.63, 3.8) is 0 Å². The molecule has 3 nitrogen and oxygen atoms in total. The summed E-state index contributed by atoms with van der Waals surface area (Å²) in [5, 5.41) is 6.38. The first kappa shape index (κ1) is 14.5. The number of carbonyl (C=O) groups is 1. The second-order valence-electron chi connectivity index (χ2n) is 5.24. The summed E-state index contributed by atoms with van der Waals surface area (Å²) < 4.78 is 1.08. The van der Waals surface area contributed by atoms with Gasteiger partial charge in [0.15, 0.2) is 0 Å². The third-order valence-corrected chi connectivity index (χ3v) is 4.00. The van der Waals surface area contributed by atoms with Crippen molar-refractivity contribution < 1.29 is 4.79 Å². The van der Waals surface area contributed by atoms with Crippen LogP contribution in [0.3, 0.4) is 0 Å². The van der Waals surface area contributed by atoms with Crippen molar-refractivity contribution in [2.45, 2.75) is 44.7 Å². The molecule has 2 N–H and O–H groups in total. The fourth-order valence-corrected chi connectivity index (χ4v) is 2.71. The van der Waals surface area contributed by atoms with Crippen LogP contribution in [0.1, 0.15) is 31.7 Å². The van der Waals surface area contributed by atoms with Gasteiger partial charge in [-0.05, 0) is 50.4 Å². The molecule has 2 atom stereocenters. The van der Waals surface area contributed by atoms with Crippen LogP contribution in [-0.2, 0) is 11.2 Å². The van der Waals surface area contributed by atoms with Gasteiger partial charge in [-0.25, -0.2) is 0 Å². The zero-order valence-corrected chi connectivity index (χ0v) is 12.9. The lowest BCUT2D eigenvalue weighted by atomic mass is 10.0. The number of rotatable bonds is 4. The van der Waals surface area contributed by atoms with Crippen molar-refractivity contribution in [3.05, 3.63) is 34.3 Å². The molecule has 0 aromatic heterocycles. The Hall–Kier alpha value is -0.870. The van der Waals surface area contributed by atoms with Crippen LogP contribution in [0, 0.1) is 0 Å². The zero-order valence-electron chi connectivity index (χ0n) is 11.3. The van der Waals surface area contributed by atoms with E-state index in [1.54, 1.807) is 0 Å². The summed E-state index contributed by atoms with van der Waals surface area (Å²) in [4.78, 5) is 12.1. The zero-order chi connectivity index (χ0) is 13.7. The number of hydrogen-bond donors (Lipinski definition) is 2. The van der Waals surface area contributed by atoms with Crippen molar-refractivity contribution in [1.82, 2.24) is 10.6 Å². The lowest BCUT2D eigenvalue weighted by Gasteiger charge is -2.24. The molecular weight excluding hydrogens is 304 g/mol. The van der Waals surface area contributed by atoms with Crippen LogP contribution in [0.25, 0.3) is 0 Å². The number of amides is 1. The predicted molar refractivity (Wildman–Crippen MR) is 81.1 cm³/mol. The van der Waals surface area contributed by atoms with Crippen LogP contribution in [-0.4, -0.2) is 24.5 Å². The SMILES string of the molecule is CC(Cc1ccc(Br)cc1)NC(=O)[C@H]1CCCCN1. The second-order valence-corrected chi connectivity index (χ2v) is 6.16. The number of benzene rings is 1. The van der Waals surface area contributed by atoms with E-state index < -0.39 is 0 Å². The normalized spacial score (nSPS) is 20.8. The van der Waals surface area contributed by atoms with Crippen molar-refractivity contribution in [3.8, 4) is 0 Å². The highest BCUT2D eigenvalue weighted by atomic mass is 79.9. The smallest absolute Gasteiger partial charge is 0.237 e. The van der Waals surface area contributed by atoms with Crippen molar-refractivity contribution in [2.24, 2.45) is 0 Å². The molecule has 0 spiro atoms. The van der Waals surface area contributed by atoms with E-state index in [2.05, 4.69) is 45.6 Å². The molecule has 0 aliphatic carbocycles. The summed E-state index contributed by atoms with van der Waals surface area (Å²) in [6.07, 6.45) is 4.15. The third kappa shape index (κ3) is 4.62. The summed E-state index contributed by atoms with van der Waals surface area (Å²) in [7, 11) is 0. The molecule has 1 amide bonds. The Morgan fingerprint density at radius 2 is 2.16 bits per heavy atom. The van der Waals surface area contributed by atoms with Crippen LogP contribution < -0.4 is 10.6 Å². The van der Waals surface area contributed by atoms with E-state index in [0.29, 0.717) is 0 Å². The third-order valence-electron chi connectivity index (χ3n) is 3.47. The van der Waals surface area contributed by atoms with Crippen LogP contribution in [0.15, 0.2) is 28.7 Å². The monoisotopic (exact) mass is 324 g/mol. The van der Waals surface area contributed by atoms with Gasteiger partial charge in [-0.3, -0.25) is 4.79 Å². The first-order chi connectivity index (χ1) is 9.15. The van der Waals surface area contributed by atoms with Gasteiger partial charge in [0.1, 0.15) is 0 Å². The lowest BCUT2D eigenvalue weighted by Crippen LogP contribution is -2.49. The molecule has 1 heterocycles. The van der Waals surface area contributed by atoms with E-state index >= 15 is 0 Å². The summed E-state index contributed by atoms with van der Waals surface area (Å²) in [6, 6.07) is 8.41. The molecule has 104 valence electrons. The molecule has 2 rings (SSSR count). The maximum Gasteiger partial charge on any atom is 0.237 e. The van der Waals surface area contributed by atoms with Gasteiger partial charge in [-0.1, -0.05) is 34.5 Å². The average Bonchev–Trinajstić information content (AvgIpc) is 2.42. The Kier molecular flexibility index (Phi) is 5.40. The number of piperidine rings is 1. The molecule has 4 heteroatoms. The predicted octanol–water partition coefficient (Wildman–Crippen LogP) is 2.64. The Morgan fingerprint density at radius 3 is 2.79 bits per heavy atom. The molecule has 1 aromatic rings. The van der Waals surface area contributed by atoms with E-state index in [9.17, 15) is 4.79 Å². The summed E-state index contributed by atoms with van der Waals surface area (Å²) >= 11 is 3.43. The van der Waals surface area contributed by atoms with Crippen molar-refractivity contribution >= 4 is 21.8 Å². The maximum atomic E-state index is 12.1. The quantitative estimate of drug-likeness (QED) is 0.894. The minimum atomic E-state index is 0.00104. The van der Waals surface area contributed by atoms with Gasteiger partial charge >= 0.3 is 0 Å². The number of hydrogen-bond acceptors (Lipinski definition) is 2. The fraction of sp³-hybridized carbons (Fsp3) is 0.533. The maximum absolute atomic E-state index is 12.1. The van der Waals surface area contributed by atoms with Crippen LogP contribution in [0.2, 0.25) is 0 Å². The molecule has 1 unspecified atom stereocenters. The Labute approximate surface area is 123 Å². The number of nitrogens with one attached hydrogen (secondary N) is 2. The highest BCUT2D eigenvalue weighted by Gasteiger charge is 2.21. The average molecular weight is 325 g/mol.